The van der Waals surface area contributed by atoms with Gasteiger partial charge < -0.3 is 5.73 Å². The van der Waals surface area contributed by atoms with Crippen LogP contribution < -0.4 is 5.73 Å². The molecule has 0 aliphatic carbocycles. The molecule has 1 atom stereocenters. The maximum Gasteiger partial charge on any atom is 0.0661 e. The van der Waals surface area contributed by atoms with E-state index in [2.05, 4.69) is 4.98 Å². The van der Waals surface area contributed by atoms with Gasteiger partial charge in [-0.2, -0.15) is 0 Å². The van der Waals surface area contributed by atoms with Crippen LogP contribution in [0.25, 0.3) is 0 Å². The SMILES string of the molecule is N[C@@H](c1cccs1)c1ccncc1Cl. The Hall–Kier alpha value is -0.900. The van der Waals surface area contributed by atoms with Crippen molar-refractivity contribution >= 4 is 22.9 Å². The second-order valence-electron chi connectivity index (χ2n) is 2.89. The molecule has 4 heteroatoms. The molecule has 2 rings (SSSR count). The Kier molecular flexibility index (Phi) is 2.82. The summed E-state index contributed by atoms with van der Waals surface area (Å²) in [5, 5.41) is 2.62. The number of rotatable bonds is 2. The molecular formula is C10H9ClN2S. The van der Waals surface area contributed by atoms with E-state index in [0.717, 1.165) is 10.4 Å². The van der Waals surface area contributed by atoms with Crippen LogP contribution in [0.3, 0.4) is 0 Å². The van der Waals surface area contributed by atoms with Crippen LogP contribution in [0, 0.1) is 0 Å². The summed E-state index contributed by atoms with van der Waals surface area (Å²) in [5.74, 6) is 0. The van der Waals surface area contributed by atoms with Crippen LogP contribution in [0.1, 0.15) is 16.5 Å². The van der Waals surface area contributed by atoms with Gasteiger partial charge in [0.2, 0.25) is 0 Å². The van der Waals surface area contributed by atoms with Crippen molar-refractivity contribution in [1.82, 2.24) is 4.98 Å². The Labute approximate surface area is 91.4 Å². The van der Waals surface area contributed by atoms with Gasteiger partial charge >= 0.3 is 0 Å². The summed E-state index contributed by atoms with van der Waals surface area (Å²) in [7, 11) is 0. The Morgan fingerprint density at radius 2 is 2.29 bits per heavy atom. The predicted octanol–water partition coefficient (Wildman–Crippen LogP) is 2.84. The van der Waals surface area contributed by atoms with Crippen LogP contribution in [0.15, 0.2) is 36.0 Å². The van der Waals surface area contributed by atoms with E-state index in [9.17, 15) is 0 Å². The molecule has 0 amide bonds. The van der Waals surface area contributed by atoms with Crippen LogP contribution in [-0.4, -0.2) is 4.98 Å². The van der Waals surface area contributed by atoms with Gasteiger partial charge in [0.05, 0.1) is 11.1 Å². The first kappa shape index (κ1) is 9.65. The van der Waals surface area contributed by atoms with E-state index < -0.39 is 0 Å². The quantitative estimate of drug-likeness (QED) is 0.852. The van der Waals surface area contributed by atoms with Gasteiger partial charge in [0.1, 0.15) is 0 Å². The van der Waals surface area contributed by atoms with E-state index in [1.54, 1.807) is 23.7 Å². The van der Waals surface area contributed by atoms with E-state index in [1.165, 1.54) is 0 Å². The lowest BCUT2D eigenvalue weighted by molar-refractivity contribution is 0.889. The van der Waals surface area contributed by atoms with Gasteiger partial charge in [-0.25, -0.2) is 0 Å². The van der Waals surface area contributed by atoms with Gasteiger partial charge in [-0.3, -0.25) is 4.98 Å². The number of hydrogen-bond acceptors (Lipinski definition) is 3. The third kappa shape index (κ3) is 1.80. The summed E-state index contributed by atoms with van der Waals surface area (Å²) in [6.45, 7) is 0. The minimum atomic E-state index is -0.148. The molecule has 72 valence electrons. The van der Waals surface area contributed by atoms with Crippen molar-refractivity contribution in [3.05, 3.63) is 51.4 Å². The number of nitrogens with zero attached hydrogens (tertiary/aromatic N) is 1. The summed E-state index contributed by atoms with van der Waals surface area (Å²) in [6.07, 6.45) is 3.32. The molecule has 0 saturated heterocycles. The monoisotopic (exact) mass is 224 g/mol. The number of pyridine rings is 1. The molecule has 2 heterocycles. The second-order valence-corrected chi connectivity index (χ2v) is 4.28. The zero-order valence-electron chi connectivity index (χ0n) is 7.35. The van der Waals surface area contributed by atoms with Gasteiger partial charge in [-0.15, -0.1) is 11.3 Å². The first-order chi connectivity index (χ1) is 6.79. The molecule has 2 nitrogen and oxygen atoms in total. The van der Waals surface area contributed by atoms with E-state index >= 15 is 0 Å². The molecule has 0 aliphatic rings. The highest BCUT2D eigenvalue weighted by Crippen LogP contribution is 2.27. The lowest BCUT2D eigenvalue weighted by atomic mass is 10.1. The molecule has 2 N–H and O–H groups in total. The lowest BCUT2D eigenvalue weighted by Crippen LogP contribution is -2.10. The highest BCUT2D eigenvalue weighted by molar-refractivity contribution is 7.10. The number of hydrogen-bond donors (Lipinski definition) is 1. The molecule has 14 heavy (non-hydrogen) atoms. The van der Waals surface area contributed by atoms with Gasteiger partial charge in [0.15, 0.2) is 0 Å². The standard InChI is InChI=1S/C10H9ClN2S/c11-8-6-13-4-3-7(8)10(12)9-2-1-5-14-9/h1-6,10H,12H2/t10-/m1/s1. The molecular weight excluding hydrogens is 216 g/mol. The molecule has 0 aromatic carbocycles. The molecule has 0 radical (unpaired) electrons. The van der Waals surface area contributed by atoms with Crippen LogP contribution >= 0.6 is 22.9 Å². The van der Waals surface area contributed by atoms with Gasteiger partial charge in [0.25, 0.3) is 0 Å². The fraction of sp³-hybridized carbons (Fsp3) is 0.100. The zero-order chi connectivity index (χ0) is 9.97. The fourth-order valence-electron chi connectivity index (χ4n) is 1.26. The van der Waals surface area contributed by atoms with Crippen LogP contribution in [-0.2, 0) is 0 Å². The maximum atomic E-state index is 6.06. The third-order valence-corrected chi connectivity index (χ3v) is 3.26. The Bertz CT molecular complexity index is 414. The van der Waals surface area contributed by atoms with Crippen LogP contribution in [0.5, 0.6) is 0 Å². The smallest absolute Gasteiger partial charge is 0.0661 e. The summed E-state index contributed by atoms with van der Waals surface area (Å²) in [5.41, 5.74) is 6.98. The molecule has 0 saturated carbocycles. The zero-order valence-corrected chi connectivity index (χ0v) is 8.92. The molecule has 0 aliphatic heterocycles. The van der Waals surface area contributed by atoms with Gasteiger partial charge in [0, 0.05) is 17.3 Å². The largest absolute Gasteiger partial charge is 0.320 e. The molecule has 0 spiro atoms. The van der Waals surface area contributed by atoms with Gasteiger partial charge in [-0.05, 0) is 23.1 Å². The average molecular weight is 225 g/mol. The first-order valence-corrected chi connectivity index (χ1v) is 5.43. The van der Waals surface area contributed by atoms with Crippen LogP contribution in [0.4, 0.5) is 0 Å². The van der Waals surface area contributed by atoms with Crippen molar-refractivity contribution in [3.8, 4) is 0 Å². The maximum absolute atomic E-state index is 6.06. The number of halogens is 1. The Morgan fingerprint density at radius 1 is 1.43 bits per heavy atom. The second kappa shape index (κ2) is 4.09. The number of aromatic nitrogens is 1. The van der Waals surface area contributed by atoms with Crippen molar-refractivity contribution in [2.45, 2.75) is 6.04 Å². The Morgan fingerprint density at radius 3 is 2.93 bits per heavy atom. The Balaban J connectivity index is 2.37. The number of thiophene rings is 1. The van der Waals surface area contributed by atoms with Crippen molar-refractivity contribution in [1.29, 1.82) is 0 Å². The van der Waals surface area contributed by atoms with Crippen LogP contribution in [0.2, 0.25) is 5.02 Å². The summed E-state index contributed by atoms with van der Waals surface area (Å²) >= 11 is 7.63. The highest BCUT2D eigenvalue weighted by Gasteiger charge is 2.12. The molecule has 2 aromatic rings. The first-order valence-electron chi connectivity index (χ1n) is 4.17. The molecule has 2 aromatic heterocycles. The van der Waals surface area contributed by atoms with Crippen molar-refractivity contribution in [2.24, 2.45) is 5.73 Å². The topological polar surface area (TPSA) is 38.9 Å². The summed E-state index contributed by atoms with van der Waals surface area (Å²) in [6, 6.07) is 5.69. The van der Waals surface area contributed by atoms with Crippen molar-refractivity contribution < 1.29 is 0 Å². The van der Waals surface area contributed by atoms with Crippen molar-refractivity contribution in [2.75, 3.05) is 0 Å². The average Bonchev–Trinajstić information content (AvgIpc) is 2.70. The third-order valence-electron chi connectivity index (χ3n) is 1.99. The lowest BCUT2D eigenvalue weighted by Gasteiger charge is -2.10. The predicted molar refractivity (Wildman–Crippen MR) is 59.6 cm³/mol. The van der Waals surface area contributed by atoms with E-state index in [-0.39, 0.29) is 6.04 Å². The normalized spacial score (nSPS) is 12.7. The minimum absolute atomic E-state index is 0.148. The highest BCUT2D eigenvalue weighted by atomic mass is 35.5. The minimum Gasteiger partial charge on any atom is -0.320 e. The van der Waals surface area contributed by atoms with Gasteiger partial charge in [-0.1, -0.05) is 17.7 Å². The molecule has 0 fully saturated rings. The fourth-order valence-corrected chi connectivity index (χ4v) is 2.24. The summed E-state index contributed by atoms with van der Waals surface area (Å²) in [4.78, 5) is 5.03. The van der Waals surface area contributed by atoms with E-state index in [0.29, 0.717) is 5.02 Å². The molecule has 0 bridgehead atoms. The number of nitrogens with two attached hydrogens (primary N) is 1. The molecule has 0 unspecified atom stereocenters. The summed E-state index contributed by atoms with van der Waals surface area (Å²) < 4.78 is 0. The van der Waals surface area contributed by atoms with E-state index in [1.807, 2.05) is 23.6 Å². The van der Waals surface area contributed by atoms with E-state index in [4.69, 9.17) is 17.3 Å². The van der Waals surface area contributed by atoms with Crippen molar-refractivity contribution in [3.63, 3.8) is 0 Å².